The van der Waals surface area contributed by atoms with Crippen molar-refractivity contribution in [3.8, 4) is 11.5 Å². The molecule has 1 fully saturated rings. The van der Waals surface area contributed by atoms with E-state index in [1.807, 2.05) is 55.5 Å². The number of hydrogen-bond acceptors (Lipinski definition) is 4. The number of benzene rings is 2. The van der Waals surface area contributed by atoms with E-state index in [4.69, 9.17) is 15.2 Å². The minimum atomic E-state index is -0.453. The quantitative estimate of drug-likeness (QED) is 0.885. The van der Waals surface area contributed by atoms with E-state index in [1.165, 1.54) is 0 Å². The molecular formula is C19H22N2O3. The van der Waals surface area contributed by atoms with Crippen LogP contribution in [0.2, 0.25) is 0 Å². The number of hydrogen-bond donors (Lipinski definition) is 2. The summed E-state index contributed by atoms with van der Waals surface area (Å²) in [5.74, 6) is 1.17. The molecular weight excluding hydrogens is 304 g/mol. The van der Waals surface area contributed by atoms with Crippen molar-refractivity contribution in [2.45, 2.75) is 32.0 Å². The van der Waals surface area contributed by atoms with Gasteiger partial charge in [-0.3, -0.25) is 4.79 Å². The third-order valence-electron chi connectivity index (χ3n) is 4.03. The molecule has 2 atom stereocenters. The Morgan fingerprint density at radius 2 is 2.08 bits per heavy atom. The molecule has 0 aromatic heterocycles. The maximum Gasteiger partial charge on any atom is 0.253 e. The first-order valence-electron chi connectivity index (χ1n) is 8.15. The van der Waals surface area contributed by atoms with Crippen LogP contribution in [0.25, 0.3) is 0 Å². The Bertz CT molecular complexity index is 717. The molecule has 0 spiro atoms. The molecule has 2 aromatic carbocycles. The van der Waals surface area contributed by atoms with Gasteiger partial charge in [-0.1, -0.05) is 24.3 Å². The highest BCUT2D eigenvalue weighted by Gasteiger charge is 2.30. The molecule has 0 saturated carbocycles. The zero-order valence-electron chi connectivity index (χ0n) is 13.7. The van der Waals surface area contributed by atoms with Gasteiger partial charge in [-0.05, 0) is 49.6 Å². The largest absolute Gasteiger partial charge is 0.455 e. The summed E-state index contributed by atoms with van der Waals surface area (Å²) in [6.07, 6.45) is 1.02. The molecule has 0 bridgehead atoms. The Morgan fingerprint density at radius 3 is 2.83 bits per heavy atom. The highest BCUT2D eigenvalue weighted by Crippen LogP contribution is 2.30. The topological polar surface area (TPSA) is 73.6 Å². The third-order valence-corrected chi connectivity index (χ3v) is 4.03. The zero-order valence-corrected chi connectivity index (χ0v) is 13.7. The Hall–Kier alpha value is -2.37. The van der Waals surface area contributed by atoms with Crippen molar-refractivity contribution in [3.63, 3.8) is 0 Å². The van der Waals surface area contributed by atoms with Crippen LogP contribution in [0.5, 0.6) is 11.5 Å². The molecule has 1 heterocycles. The minimum absolute atomic E-state index is 0.0282. The van der Waals surface area contributed by atoms with Gasteiger partial charge in [0.2, 0.25) is 0 Å². The van der Waals surface area contributed by atoms with Crippen LogP contribution >= 0.6 is 0 Å². The fraction of sp³-hybridized carbons (Fsp3) is 0.316. The molecule has 5 heteroatoms. The molecule has 0 unspecified atom stereocenters. The number of nitrogens with one attached hydrogen (secondary N) is 1. The van der Waals surface area contributed by atoms with Gasteiger partial charge in [-0.25, -0.2) is 0 Å². The van der Waals surface area contributed by atoms with Crippen LogP contribution in [0, 0.1) is 6.92 Å². The Balaban J connectivity index is 1.71. The highest BCUT2D eigenvalue weighted by molar-refractivity contribution is 5.95. The van der Waals surface area contributed by atoms with Crippen molar-refractivity contribution < 1.29 is 14.3 Å². The summed E-state index contributed by atoms with van der Waals surface area (Å²) in [6, 6.07) is 15.2. The predicted octanol–water partition coefficient (Wildman–Crippen LogP) is 3.23. The van der Waals surface area contributed by atoms with E-state index >= 15 is 0 Å². The average molecular weight is 326 g/mol. The van der Waals surface area contributed by atoms with E-state index in [2.05, 4.69) is 5.32 Å². The number of nitrogens with two attached hydrogens (primary N) is 1. The standard InChI is InChI=1S/C19H22N2O3/c1-13-5-4-6-14(11-13)23-17-8-3-2-7-16(17)21-19(22)18-10-9-15(12-20)24-18/h2-8,11,15,18H,9-10,12,20H2,1H3,(H,21,22)/t15-,18+/m1/s1. The fourth-order valence-electron chi connectivity index (χ4n) is 2.75. The van der Waals surface area contributed by atoms with Crippen molar-refractivity contribution in [2.75, 3.05) is 11.9 Å². The molecule has 3 N–H and O–H groups in total. The Kier molecular flexibility index (Phi) is 5.13. The molecule has 1 aliphatic heterocycles. The van der Waals surface area contributed by atoms with E-state index < -0.39 is 6.10 Å². The summed E-state index contributed by atoms with van der Waals surface area (Å²) in [5, 5.41) is 2.90. The molecule has 2 aromatic rings. The number of ether oxygens (including phenoxy) is 2. The monoisotopic (exact) mass is 326 g/mol. The number of rotatable bonds is 5. The first-order chi connectivity index (χ1) is 11.7. The van der Waals surface area contributed by atoms with E-state index in [0.717, 1.165) is 17.7 Å². The van der Waals surface area contributed by atoms with Gasteiger partial charge in [0, 0.05) is 6.54 Å². The first-order valence-corrected chi connectivity index (χ1v) is 8.15. The maximum atomic E-state index is 12.4. The fourth-order valence-corrected chi connectivity index (χ4v) is 2.75. The van der Waals surface area contributed by atoms with Gasteiger partial charge in [0.15, 0.2) is 5.75 Å². The smallest absolute Gasteiger partial charge is 0.253 e. The molecule has 1 aliphatic rings. The second-order valence-electron chi connectivity index (χ2n) is 5.96. The lowest BCUT2D eigenvalue weighted by atomic mass is 10.2. The van der Waals surface area contributed by atoms with Crippen molar-refractivity contribution in [1.82, 2.24) is 0 Å². The normalized spacial score (nSPS) is 19.9. The second kappa shape index (κ2) is 7.47. The van der Waals surface area contributed by atoms with Crippen LogP contribution in [-0.2, 0) is 9.53 Å². The maximum absolute atomic E-state index is 12.4. The van der Waals surface area contributed by atoms with Crippen LogP contribution in [0.15, 0.2) is 48.5 Å². The highest BCUT2D eigenvalue weighted by atomic mass is 16.5. The molecule has 5 nitrogen and oxygen atoms in total. The average Bonchev–Trinajstić information content (AvgIpc) is 3.06. The Morgan fingerprint density at radius 1 is 1.25 bits per heavy atom. The van der Waals surface area contributed by atoms with Gasteiger partial charge >= 0.3 is 0 Å². The summed E-state index contributed by atoms with van der Waals surface area (Å²) in [6.45, 7) is 2.45. The summed E-state index contributed by atoms with van der Waals surface area (Å²) in [4.78, 5) is 12.4. The summed E-state index contributed by atoms with van der Waals surface area (Å²) >= 11 is 0. The van der Waals surface area contributed by atoms with Gasteiger partial charge in [0.1, 0.15) is 11.9 Å². The van der Waals surface area contributed by atoms with E-state index in [0.29, 0.717) is 24.4 Å². The van der Waals surface area contributed by atoms with Crippen molar-refractivity contribution >= 4 is 11.6 Å². The minimum Gasteiger partial charge on any atom is -0.455 e. The number of amides is 1. The number of para-hydroxylation sites is 2. The zero-order chi connectivity index (χ0) is 16.9. The lowest BCUT2D eigenvalue weighted by Crippen LogP contribution is -2.29. The molecule has 0 aliphatic carbocycles. The van der Waals surface area contributed by atoms with Gasteiger partial charge in [0.05, 0.1) is 11.8 Å². The van der Waals surface area contributed by atoms with E-state index in [1.54, 1.807) is 0 Å². The number of carbonyl (C=O) groups excluding carboxylic acids is 1. The van der Waals surface area contributed by atoms with Crippen LogP contribution in [0.4, 0.5) is 5.69 Å². The molecule has 24 heavy (non-hydrogen) atoms. The van der Waals surface area contributed by atoms with Gasteiger partial charge in [0.25, 0.3) is 5.91 Å². The lowest BCUT2D eigenvalue weighted by molar-refractivity contribution is -0.126. The number of aryl methyl sites for hydroxylation is 1. The Labute approximate surface area is 141 Å². The molecule has 1 amide bonds. The van der Waals surface area contributed by atoms with Crippen LogP contribution in [0.3, 0.4) is 0 Å². The van der Waals surface area contributed by atoms with Crippen molar-refractivity contribution in [3.05, 3.63) is 54.1 Å². The molecule has 1 saturated heterocycles. The van der Waals surface area contributed by atoms with E-state index in [-0.39, 0.29) is 12.0 Å². The van der Waals surface area contributed by atoms with Gasteiger partial charge < -0.3 is 20.5 Å². The number of carbonyl (C=O) groups is 1. The predicted molar refractivity (Wildman–Crippen MR) is 93.3 cm³/mol. The molecule has 0 radical (unpaired) electrons. The second-order valence-corrected chi connectivity index (χ2v) is 5.96. The van der Waals surface area contributed by atoms with Gasteiger partial charge in [-0.15, -0.1) is 0 Å². The molecule has 3 rings (SSSR count). The SMILES string of the molecule is Cc1cccc(Oc2ccccc2NC(=O)[C@@H]2CC[C@H](CN)O2)c1. The number of anilines is 1. The van der Waals surface area contributed by atoms with Gasteiger partial charge in [-0.2, -0.15) is 0 Å². The first kappa shape index (κ1) is 16.5. The summed E-state index contributed by atoms with van der Waals surface area (Å²) in [5.41, 5.74) is 7.34. The van der Waals surface area contributed by atoms with E-state index in [9.17, 15) is 4.79 Å². The van der Waals surface area contributed by atoms with Crippen LogP contribution < -0.4 is 15.8 Å². The summed E-state index contributed by atoms with van der Waals surface area (Å²) < 4.78 is 11.6. The molecule has 126 valence electrons. The van der Waals surface area contributed by atoms with Crippen LogP contribution in [0.1, 0.15) is 18.4 Å². The van der Waals surface area contributed by atoms with Crippen molar-refractivity contribution in [1.29, 1.82) is 0 Å². The third kappa shape index (κ3) is 3.93. The summed E-state index contributed by atoms with van der Waals surface area (Å²) in [7, 11) is 0. The van der Waals surface area contributed by atoms with Crippen molar-refractivity contribution in [2.24, 2.45) is 5.73 Å². The van der Waals surface area contributed by atoms with Crippen LogP contribution in [-0.4, -0.2) is 24.7 Å². The lowest BCUT2D eigenvalue weighted by Gasteiger charge is -2.15.